The lowest BCUT2D eigenvalue weighted by Crippen LogP contribution is -2.01. The first-order chi connectivity index (χ1) is 10.1. The van der Waals surface area contributed by atoms with Crippen LogP contribution in [0.2, 0.25) is 0 Å². The van der Waals surface area contributed by atoms with Crippen molar-refractivity contribution >= 4 is 24.5 Å². The van der Waals surface area contributed by atoms with Gasteiger partial charge in [-0.15, -0.1) is 0 Å². The van der Waals surface area contributed by atoms with Crippen molar-refractivity contribution in [3.8, 4) is 5.75 Å². The maximum absolute atomic E-state index is 11.9. The summed E-state index contributed by atoms with van der Waals surface area (Å²) in [5, 5.41) is 9.86. The minimum Gasteiger partial charge on any atom is -0.502 e. The van der Waals surface area contributed by atoms with E-state index in [0.717, 1.165) is 24.7 Å². The number of rotatable bonds is 3. The Morgan fingerprint density at radius 2 is 1.64 bits per heavy atom. The fraction of sp³-hybridized carbons (Fsp3) is 0.167. The molecule has 22 heavy (non-hydrogen) atoms. The second kappa shape index (κ2) is 6.71. The Labute approximate surface area is 135 Å². The van der Waals surface area contributed by atoms with Gasteiger partial charge in [0.15, 0.2) is 5.75 Å². The molecule has 114 valence electrons. The molecule has 1 aromatic heterocycles. The molecule has 0 unspecified atom stereocenters. The summed E-state index contributed by atoms with van der Waals surface area (Å²) in [7, 11) is 0. The summed E-state index contributed by atoms with van der Waals surface area (Å²) in [5.41, 5.74) is 3.69. The lowest BCUT2D eigenvalue weighted by Gasteiger charge is -2.04. The summed E-state index contributed by atoms with van der Waals surface area (Å²) in [6.07, 6.45) is 2.83. The Balaban J connectivity index is 0.00000176. The fourth-order valence-electron chi connectivity index (χ4n) is 2.37. The summed E-state index contributed by atoms with van der Waals surface area (Å²) in [6.45, 7) is 2.07. The molecular weight excluding hydrogens is 296 g/mol. The first kappa shape index (κ1) is 16.2. The standard InChI is InChI=1S/C18H16O3.H2S/c1-12-2-4-13(5-3-12)6-7-14-8-9-17-15(10-14)18(20)16(19)11-21-17;/h2-5,8-11,19H,6-7H2,1H3;1H2. The van der Waals surface area contributed by atoms with Crippen molar-refractivity contribution in [1.29, 1.82) is 0 Å². The van der Waals surface area contributed by atoms with Crippen molar-refractivity contribution in [1.82, 2.24) is 0 Å². The third-order valence-electron chi connectivity index (χ3n) is 3.64. The SMILES string of the molecule is Cc1ccc(CCc2ccc3occ(O)c(=O)c3c2)cc1.S. The molecule has 1 N–H and O–H groups in total. The van der Waals surface area contributed by atoms with Gasteiger partial charge in [-0.1, -0.05) is 35.9 Å². The summed E-state index contributed by atoms with van der Waals surface area (Å²) in [5.74, 6) is -0.349. The molecule has 0 bridgehead atoms. The predicted octanol–water partition coefficient (Wildman–Crippen LogP) is 3.71. The minimum atomic E-state index is -0.381. The highest BCUT2D eigenvalue weighted by molar-refractivity contribution is 7.59. The zero-order valence-electron chi connectivity index (χ0n) is 12.3. The van der Waals surface area contributed by atoms with Crippen molar-refractivity contribution in [3.05, 3.63) is 75.6 Å². The van der Waals surface area contributed by atoms with Crippen LogP contribution < -0.4 is 5.43 Å². The van der Waals surface area contributed by atoms with E-state index in [-0.39, 0.29) is 24.7 Å². The summed E-state index contributed by atoms with van der Waals surface area (Å²) in [6, 6.07) is 14.0. The van der Waals surface area contributed by atoms with Gasteiger partial charge < -0.3 is 9.52 Å². The van der Waals surface area contributed by atoms with Gasteiger partial charge in [-0.2, -0.15) is 13.5 Å². The van der Waals surface area contributed by atoms with Crippen molar-refractivity contribution in [3.63, 3.8) is 0 Å². The highest BCUT2D eigenvalue weighted by Crippen LogP contribution is 2.17. The Morgan fingerprint density at radius 3 is 2.36 bits per heavy atom. The van der Waals surface area contributed by atoms with Gasteiger partial charge in [-0.05, 0) is 43.0 Å². The Bertz CT molecular complexity index is 835. The predicted molar refractivity (Wildman–Crippen MR) is 93.1 cm³/mol. The molecular formula is C18H18O3S. The Morgan fingerprint density at radius 1 is 1.00 bits per heavy atom. The number of aryl methyl sites for hydroxylation is 3. The normalized spacial score (nSPS) is 10.4. The second-order valence-corrected chi connectivity index (χ2v) is 5.27. The molecule has 3 rings (SSSR count). The molecule has 3 nitrogen and oxygen atoms in total. The smallest absolute Gasteiger partial charge is 0.234 e. The summed E-state index contributed by atoms with van der Waals surface area (Å²) < 4.78 is 5.20. The number of fused-ring (bicyclic) bond motifs is 1. The van der Waals surface area contributed by atoms with Gasteiger partial charge in [0.05, 0.1) is 5.39 Å². The topological polar surface area (TPSA) is 50.4 Å². The van der Waals surface area contributed by atoms with E-state index in [1.807, 2.05) is 6.07 Å². The van der Waals surface area contributed by atoms with Gasteiger partial charge >= 0.3 is 0 Å². The van der Waals surface area contributed by atoms with Gasteiger partial charge in [0.2, 0.25) is 5.43 Å². The molecule has 2 aromatic carbocycles. The first-order valence-corrected chi connectivity index (χ1v) is 6.92. The quantitative estimate of drug-likeness (QED) is 0.802. The lowest BCUT2D eigenvalue weighted by atomic mass is 10.0. The highest BCUT2D eigenvalue weighted by atomic mass is 32.1. The van der Waals surface area contributed by atoms with Gasteiger partial charge in [-0.25, -0.2) is 0 Å². The Hall–Kier alpha value is -2.20. The molecule has 4 heteroatoms. The fourth-order valence-corrected chi connectivity index (χ4v) is 2.37. The van der Waals surface area contributed by atoms with Gasteiger partial charge in [0.25, 0.3) is 0 Å². The van der Waals surface area contributed by atoms with Crippen LogP contribution in [0.5, 0.6) is 5.75 Å². The number of aromatic hydroxyl groups is 1. The zero-order valence-corrected chi connectivity index (χ0v) is 13.3. The van der Waals surface area contributed by atoms with E-state index in [1.165, 1.54) is 11.1 Å². The third kappa shape index (κ3) is 3.34. The molecule has 3 aromatic rings. The first-order valence-electron chi connectivity index (χ1n) is 6.92. The Kier molecular flexibility index (Phi) is 4.93. The van der Waals surface area contributed by atoms with Crippen LogP contribution in [0.1, 0.15) is 16.7 Å². The van der Waals surface area contributed by atoms with Crippen molar-refractivity contribution in [2.24, 2.45) is 0 Å². The molecule has 0 fully saturated rings. The van der Waals surface area contributed by atoms with Gasteiger partial charge in [0.1, 0.15) is 11.8 Å². The summed E-state index contributed by atoms with van der Waals surface area (Å²) >= 11 is 0. The van der Waals surface area contributed by atoms with Crippen molar-refractivity contribution < 1.29 is 9.52 Å². The van der Waals surface area contributed by atoms with E-state index >= 15 is 0 Å². The molecule has 0 aliphatic carbocycles. The number of hydrogen-bond acceptors (Lipinski definition) is 3. The number of hydrogen-bond donors (Lipinski definition) is 1. The van der Waals surface area contributed by atoms with E-state index in [4.69, 9.17) is 4.42 Å². The second-order valence-electron chi connectivity index (χ2n) is 5.27. The minimum absolute atomic E-state index is 0. The van der Waals surface area contributed by atoms with Gasteiger partial charge in [-0.3, -0.25) is 4.79 Å². The monoisotopic (exact) mass is 314 g/mol. The van der Waals surface area contributed by atoms with E-state index < -0.39 is 0 Å². The number of benzene rings is 2. The highest BCUT2D eigenvalue weighted by Gasteiger charge is 2.06. The van der Waals surface area contributed by atoms with E-state index in [9.17, 15) is 9.90 Å². The van der Waals surface area contributed by atoms with Crippen LogP contribution >= 0.6 is 13.5 Å². The van der Waals surface area contributed by atoms with Crippen LogP contribution in [-0.2, 0) is 12.8 Å². The maximum atomic E-state index is 11.9. The van der Waals surface area contributed by atoms with Crippen molar-refractivity contribution in [2.75, 3.05) is 0 Å². The van der Waals surface area contributed by atoms with Crippen LogP contribution in [0.15, 0.2) is 57.9 Å². The molecule has 0 radical (unpaired) electrons. The van der Waals surface area contributed by atoms with Crippen LogP contribution in [-0.4, -0.2) is 5.11 Å². The average Bonchev–Trinajstić information content (AvgIpc) is 2.51. The van der Waals surface area contributed by atoms with E-state index in [2.05, 4.69) is 31.2 Å². The molecule has 1 heterocycles. The van der Waals surface area contributed by atoms with Crippen LogP contribution in [0.3, 0.4) is 0 Å². The lowest BCUT2D eigenvalue weighted by molar-refractivity contribution is 0.442. The van der Waals surface area contributed by atoms with E-state index in [0.29, 0.717) is 11.0 Å². The van der Waals surface area contributed by atoms with Gasteiger partial charge in [0, 0.05) is 0 Å². The molecule has 0 atom stereocenters. The average molecular weight is 314 g/mol. The molecule has 0 saturated carbocycles. The zero-order chi connectivity index (χ0) is 14.8. The van der Waals surface area contributed by atoms with Crippen LogP contribution in [0.4, 0.5) is 0 Å². The third-order valence-corrected chi connectivity index (χ3v) is 3.64. The van der Waals surface area contributed by atoms with Crippen molar-refractivity contribution in [2.45, 2.75) is 19.8 Å². The molecule has 0 amide bonds. The molecule has 0 spiro atoms. The van der Waals surface area contributed by atoms with Crippen LogP contribution in [0, 0.1) is 6.92 Å². The molecule has 0 saturated heterocycles. The van der Waals surface area contributed by atoms with Crippen LogP contribution in [0.25, 0.3) is 11.0 Å². The molecule has 0 aliphatic rings. The molecule has 0 aliphatic heterocycles. The summed E-state index contributed by atoms with van der Waals surface area (Å²) in [4.78, 5) is 11.9. The largest absolute Gasteiger partial charge is 0.502 e. The van der Waals surface area contributed by atoms with E-state index in [1.54, 1.807) is 12.1 Å². The maximum Gasteiger partial charge on any atom is 0.234 e.